The molecule has 1 amide bonds. The van der Waals surface area contributed by atoms with Gasteiger partial charge in [-0.2, -0.15) is 0 Å². The Labute approximate surface area is 242 Å². The normalized spacial score (nSPS) is 14.6. The first-order valence-corrected chi connectivity index (χ1v) is 14.8. The van der Waals surface area contributed by atoms with Crippen LogP contribution >= 0.6 is 12.2 Å². The van der Waals surface area contributed by atoms with E-state index in [1.54, 1.807) is 0 Å². The minimum absolute atomic E-state index is 0.140. The number of para-hydroxylation sites is 1. The fraction of sp³-hybridized carbons (Fsp3) is 0.419. The third kappa shape index (κ3) is 6.49. The summed E-state index contributed by atoms with van der Waals surface area (Å²) in [6.07, 6.45) is 5.12. The second-order valence-corrected chi connectivity index (χ2v) is 11.1. The van der Waals surface area contributed by atoms with Crippen molar-refractivity contribution in [2.45, 2.75) is 33.4 Å². The molecule has 3 N–H and O–H groups in total. The maximum atomic E-state index is 13.1. The van der Waals surface area contributed by atoms with E-state index in [1.165, 1.54) is 21.9 Å². The van der Waals surface area contributed by atoms with Crippen LogP contribution in [0, 0.1) is 0 Å². The molecule has 1 aliphatic heterocycles. The molecule has 1 fully saturated rings. The molecule has 0 spiro atoms. The second-order valence-electron chi connectivity index (χ2n) is 10.7. The molecule has 0 bridgehead atoms. The highest BCUT2D eigenvalue weighted by Crippen LogP contribution is 2.27. The number of piperazine rings is 1. The van der Waals surface area contributed by atoms with Gasteiger partial charge in [-0.05, 0) is 68.9 Å². The molecule has 9 heteroatoms. The Balaban J connectivity index is 1.29. The van der Waals surface area contributed by atoms with Crippen molar-refractivity contribution in [1.82, 2.24) is 29.6 Å². The van der Waals surface area contributed by atoms with Crippen LogP contribution in [-0.2, 0) is 24.3 Å². The molecule has 212 valence electrons. The first kappa shape index (κ1) is 28.1. The van der Waals surface area contributed by atoms with Crippen LogP contribution < -0.4 is 10.6 Å². The molecule has 0 atom stereocenters. The van der Waals surface area contributed by atoms with Crippen molar-refractivity contribution in [3.05, 3.63) is 66.0 Å². The first-order chi connectivity index (χ1) is 19.4. The summed E-state index contributed by atoms with van der Waals surface area (Å²) in [5.74, 6) is 0.140. The average molecular weight is 560 g/mol. The third-order valence-corrected chi connectivity index (χ3v) is 8.24. The largest absolute Gasteiger partial charge is 0.362 e. The van der Waals surface area contributed by atoms with E-state index in [2.05, 4.69) is 85.8 Å². The summed E-state index contributed by atoms with van der Waals surface area (Å²) in [6, 6.07) is 14.7. The molecule has 1 saturated heterocycles. The number of carbonyl (C=O) groups is 1. The van der Waals surface area contributed by atoms with Crippen molar-refractivity contribution < 1.29 is 4.79 Å². The summed E-state index contributed by atoms with van der Waals surface area (Å²) in [5.41, 5.74) is 5.66. The summed E-state index contributed by atoms with van der Waals surface area (Å²) in [4.78, 5) is 23.2. The number of fused-ring (bicyclic) bond motifs is 2. The fourth-order valence-electron chi connectivity index (χ4n) is 5.60. The van der Waals surface area contributed by atoms with Crippen LogP contribution in [0.1, 0.15) is 25.0 Å². The molecule has 2 aromatic heterocycles. The van der Waals surface area contributed by atoms with E-state index in [0.29, 0.717) is 24.7 Å². The van der Waals surface area contributed by atoms with Gasteiger partial charge in [-0.1, -0.05) is 24.3 Å². The lowest BCUT2D eigenvalue weighted by molar-refractivity contribution is -0.131. The third-order valence-electron chi connectivity index (χ3n) is 7.99. The van der Waals surface area contributed by atoms with Crippen molar-refractivity contribution in [3.8, 4) is 0 Å². The van der Waals surface area contributed by atoms with Gasteiger partial charge in [0.05, 0.1) is 5.52 Å². The van der Waals surface area contributed by atoms with Crippen LogP contribution in [0.2, 0.25) is 0 Å². The van der Waals surface area contributed by atoms with Gasteiger partial charge in [0.15, 0.2) is 5.11 Å². The molecule has 0 unspecified atom stereocenters. The number of amides is 1. The maximum Gasteiger partial charge on any atom is 0.242 e. The van der Waals surface area contributed by atoms with Gasteiger partial charge in [-0.15, -0.1) is 0 Å². The Morgan fingerprint density at radius 2 is 1.80 bits per heavy atom. The van der Waals surface area contributed by atoms with Gasteiger partial charge in [0.1, 0.15) is 6.54 Å². The van der Waals surface area contributed by atoms with Gasteiger partial charge in [0.25, 0.3) is 0 Å². The molecule has 2 aromatic carbocycles. The molecule has 8 nitrogen and oxygen atoms in total. The minimum Gasteiger partial charge on any atom is -0.362 e. The first-order valence-electron chi connectivity index (χ1n) is 14.4. The predicted molar refractivity (Wildman–Crippen MR) is 169 cm³/mol. The van der Waals surface area contributed by atoms with Gasteiger partial charge < -0.3 is 30.0 Å². The maximum absolute atomic E-state index is 13.1. The van der Waals surface area contributed by atoms with Crippen LogP contribution in [0.3, 0.4) is 0 Å². The Morgan fingerprint density at radius 3 is 2.58 bits per heavy atom. The summed E-state index contributed by atoms with van der Waals surface area (Å²) in [6.45, 7) is 11.7. The Morgan fingerprint density at radius 1 is 1.02 bits per heavy atom. The summed E-state index contributed by atoms with van der Waals surface area (Å²) >= 11 is 5.63. The van der Waals surface area contributed by atoms with Crippen LogP contribution in [0.5, 0.6) is 0 Å². The topological polar surface area (TPSA) is 71.6 Å². The van der Waals surface area contributed by atoms with E-state index in [4.69, 9.17) is 12.2 Å². The number of anilines is 1. The van der Waals surface area contributed by atoms with E-state index in [1.807, 2.05) is 24.8 Å². The molecule has 0 saturated carbocycles. The number of carbonyl (C=O) groups excluding carboxylic acids is 1. The molecule has 0 radical (unpaired) electrons. The van der Waals surface area contributed by atoms with Crippen molar-refractivity contribution in [2.75, 3.05) is 58.2 Å². The smallest absolute Gasteiger partial charge is 0.242 e. The molecule has 4 aromatic rings. The zero-order valence-corrected chi connectivity index (χ0v) is 24.7. The summed E-state index contributed by atoms with van der Waals surface area (Å²) in [7, 11) is 2.18. The number of aromatic nitrogens is 2. The monoisotopic (exact) mass is 559 g/mol. The lowest BCUT2D eigenvalue weighted by atomic mass is 10.1. The molecule has 5 rings (SSSR count). The van der Waals surface area contributed by atoms with Gasteiger partial charge in [0.2, 0.25) is 5.91 Å². The number of nitrogens with one attached hydrogen (secondary N) is 3. The van der Waals surface area contributed by atoms with Crippen molar-refractivity contribution in [2.24, 2.45) is 0 Å². The molecule has 0 aliphatic carbocycles. The Bertz CT molecular complexity index is 1460. The Kier molecular flexibility index (Phi) is 9.04. The van der Waals surface area contributed by atoms with E-state index < -0.39 is 0 Å². The van der Waals surface area contributed by atoms with Crippen LogP contribution in [0.15, 0.2) is 54.9 Å². The van der Waals surface area contributed by atoms with E-state index >= 15 is 0 Å². The number of thiocarbonyl (C=S) groups is 1. The minimum atomic E-state index is 0.140. The molecular weight excluding hydrogens is 518 g/mol. The van der Waals surface area contributed by atoms with E-state index in [-0.39, 0.29) is 5.91 Å². The van der Waals surface area contributed by atoms with E-state index in [9.17, 15) is 4.79 Å². The van der Waals surface area contributed by atoms with Gasteiger partial charge in [0, 0.05) is 86.7 Å². The number of nitrogens with zero attached hydrogens (tertiary/aromatic N) is 4. The van der Waals surface area contributed by atoms with Gasteiger partial charge >= 0.3 is 0 Å². The van der Waals surface area contributed by atoms with Crippen LogP contribution in [0.4, 0.5) is 5.69 Å². The van der Waals surface area contributed by atoms with Gasteiger partial charge in [-0.25, -0.2) is 0 Å². The van der Waals surface area contributed by atoms with Crippen molar-refractivity contribution in [3.63, 3.8) is 0 Å². The summed E-state index contributed by atoms with van der Waals surface area (Å²) in [5, 5.41) is 9.74. The number of benzene rings is 2. The number of likely N-dealkylation sites (N-methyl/N-ethyl adjacent to an activating group) is 2. The number of hydrogen-bond donors (Lipinski definition) is 3. The highest BCUT2D eigenvalue weighted by Gasteiger charge is 2.19. The number of H-pyrrole nitrogens is 1. The summed E-state index contributed by atoms with van der Waals surface area (Å²) < 4.78 is 2.11. The van der Waals surface area contributed by atoms with Gasteiger partial charge in [-0.3, -0.25) is 9.69 Å². The van der Waals surface area contributed by atoms with Crippen LogP contribution in [0.25, 0.3) is 21.8 Å². The SMILES string of the molecule is CCN(CC)C(=O)Cn1cc(CN2CCN(C)CC2)c2ccc(NC(=S)NCCc3c[nH]c4ccccc34)cc21. The Hall–Kier alpha value is -3.40. The number of aromatic amines is 1. The molecule has 40 heavy (non-hydrogen) atoms. The van der Waals surface area contributed by atoms with Crippen molar-refractivity contribution >= 4 is 50.7 Å². The highest BCUT2D eigenvalue weighted by molar-refractivity contribution is 7.80. The molecule has 3 heterocycles. The predicted octanol–water partition coefficient (Wildman–Crippen LogP) is 4.27. The average Bonchev–Trinajstić information content (AvgIpc) is 3.51. The number of hydrogen-bond acceptors (Lipinski definition) is 4. The quantitative estimate of drug-likeness (QED) is 0.252. The van der Waals surface area contributed by atoms with E-state index in [0.717, 1.165) is 62.4 Å². The standard InChI is InChI=1S/C31H41N7OS/c1-4-37(5-2)30(39)22-38-21-24(20-36-16-14-35(3)15-17-36)27-11-10-25(18-29(27)38)34-31(40)32-13-12-23-19-33-28-9-7-6-8-26(23)28/h6-11,18-19,21,33H,4-5,12-17,20,22H2,1-3H3,(H2,32,34,40). The second kappa shape index (κ2) is 12.8. The zero-order chi connectivity index (χ0) is 28.1. The number of rotatable bonds is 10. The molecule has 1 aliphatic rings. The fourth-order valence-corrected chi connectivity index (χ4v) is 5.82. The highest BCUT2D eigenvalue weighted by atomic mass is 32.1. The lowest BCUT2D eigenvalue weighted by Gasteiger charge is -2.32. The lowest BCUT2D eigenvalue weighted by Crippen LogP contribution is -2.43. The van der Waals surface area contributed by atoms with Crippen molar-refractivity contribution in [1.29, 1.82) is 0 Å². The van der Waals surface area contributed by atoms with Crippen LogP contribution in [-0.4, -0.2) is 88.1 Å². The molecular formula is C31H41N7OS. The zero-order valence-electron chi connectivity index (χ0n) is 23.9.